The summed E-state index contributed by atoms with van der Waals surface area (Å²) in [4.78, 5) is 0. The summed E-state index contributed by atoms with van der Waals surface area (Å²) < 4.78 is 1.47. The van der Waals surface area contributed by atoms with E-state index in [2.05, 4.69) is 170 Å². The van der Waals surface area contributed by atoms with Gasteiger partial charge in [0.1, 0.15) is 0 Å². The number of benzene rings is 4. The zero-order valence-corrected chi connectivity index (χ0v) is 39.3. The molecule has 0 aromatic heterocycles. The minimum atomic E-state index is 0. The number of hydrogen-bond acceptors (Lipinski definition) is 0. The quantitative estimate of drug-likeness (QED) is 0.129. The molecule has 1 aliphatic rings. The Balaban J connectivity index is 0.000000340. The molecule has 0 fully saturated rings. The second-order valence-electron chi connectivity index (χ2n) is 18.3. The summed E-state index contributed by atoms with van der Waals surface area (Å²) in [6, 6.07) is 39.0. The Labute approximate surface area is 344 Å². The summed E-state index contributed by atoms with van der Waals surface area (Å²) in [5.74, 6) is 0. The molecule has 0 N–H and O–H groups in total. The van der Waals surface area contributed by atoms with E-state index in [9.17, 15) is 0 Å². The van der Waals surface area contributed by atoms with Crippen molar-refractivity contribution in [3.8, 4) is 11.1 Å². The number of hydrogen-bond donors (Lipinski definition) is 0. The molecule has 0 amide bonds. The van der Waals surface area contributed by atoms with Gasteiger partial charge in [-0.1, -0.05) is 106 Å². The third kappa shape index (κ3) is 11.5. The maximum atomic E-state index is 3.90. The zero-order chi connectivity index (χ0) is 37.2. The van der Waals surface area contributed by atoms with Crippen molar-refractivity contribution in [2.75, 3.05) is 0 Å². The van der Waals surface area contributed by atoms with E-state index >= 15 is 0 Å². The Hall–Kier alpha value is -2.45. The Kier molecular flexibility index (Phi) is 15.6. The van der Waals surface area contributed by atoms with Gasteiger partial charge in [-0.2, -0.15) is 35.9 Å². The number of aryl methyl sites for hydroxylation is 2. The van der Waals surface area contributed by atoms with Gasteiger partial charge in [0.15, 0.2) is 0 Å². The number of halogens is 2. The van der Waals surface area contributed by atoms with Crippen molar-refractivity contribution in [2.24, 2.45) is 0 Å². The molecule has 0 aliphatic heterocycles. The Bertz CT molecular complexity index is 1750. The van der Waals surface area contributed by atoms with E-state index in [1.807, 2.05) is 30.3 Å². The van der Waals surface area contributed by atoms with E-state index in [4.69, 9.17) is 0 Å². The second kappa shape index (κ2) is 17.8. The van der Waals surface area contributed by atoms with Gasteiger partial charge in [0.25, 0.3) is 0 Å². The summed E-state index contributed by atoms with van der Waals surface area (Å²) in [6.07, 6.45) is 1.01. The molecule has 5 aromatic carbocycles. The first-order chi connectivity index (χ1) is 23.1. The van der Waals surface area contributed by atoms with Crippen LogP contribution >= 0.6 is 0 Å². The number of fused-ring (bicyclic) bond motifs is 3. The van der Waals surface area contributed by atoms with Crippen molar-refractivity contribution in [1.82, 2.24) is 0 Å². The van der Waals surface area contributed by atoms with E-state index in [0.717, 1.165) is 30.3 Å². The SMILES string of the molecule is CC(C)(C)c1[c-]c2c(cc1C(C)(C)C)-c1cc(C(C)(C)C)c(C(C)(C)C)cc1C2.Cc1ccc([C](=[Hf+2])c2ccc(C)cc2)cc1.[Cl-].[Cl-].c1cc[cH-]c1. The molecule has 0 bridgehead atoms. The van der Waals surface area contributed by atoms with Gasteiger partial charge in [-0.3, -0.25) is 0 Å². The molecule has 276 valence electrons. The molecule has 6 rings (SSSR count). The van der Waals surface area contributed by atoms with Crippen LogP contribution in [0.3, 0.4) is 0 Å². The van der Waals surface area contributed by atoms with Gasteiger partial charge >= 0.3 is 112 Å². The van der Waals surface area contributed by atoms with Crippen molar-refractivity contribution >= 4 is 3.26 Å². The Morgan fingerprint density at radius 2 is 0.962 bits per heavy atom. The molecule has 3 heteroatoms. The predicted octanol–water partition coefficient (Wildman–Crippen LogP) is 7.08. The van der Waals surface area contributed by atoms with Gasteiger partial charge in [0, 0.05) is 0 Å². The summed E-state index contributed by atoms with van der Waals surface area (Å²) in [6.45, 7) is 32.2. The van der Waals surface area contributed by atoms with E-state index in [-0.39, 0.29) is 46.5 Å². The van der Waals surface area contributed by atoms with Crippen molar-refractivity contribution in [1.29, 1.82) is 0 Å². The van der Waals surface area contributed by atoms with Crippen LogP contribution in [0.15, 0.2) is 97.1 Å². The minimum absolute atomic E-state index is 0. The fourth-order valence-corrected chi connectivity index (χ4v) is 7.75. The van der Waals surface area contributed by atoms with Crippen molar-refractivity contribution in [3.63, 3.8) is 0 Å². The molecule has 0 saturated heterocycles. The Morgan fingerprint density at radius 3 is 1.33 bits per heavy atom. The van der Waals surface area contributed by atoms with Gasteiger partial charge in [-0.05, 0) is 39.4 Å². The van der Waals surface area contributed by atoms with Gasteiger partial charge in [-0.25, -0.2) is 12.1 Å². The summed E-state index contributed by atoms with van der Waals surface area (Å²) in [7, 11) is 0. The fraction of sp³-hybridized carbons (Fsp3) is 0.388. The molecule has 0 nitrogen and oxygen atoms in total. The summed E-state index contributed by atoms with van der Waals surface area (Å²) in [5.41, 5.74) is 17.3. The third-order valence-electron chi connectivity index (χ3n) is 9.47. The molecule has 0 unspecified atom stereocenters. The summed E-state index contributed by atoms with van der Waals surface area (Å²) >= 11 is 1.08. The van der Waals surface area contributed by atoms with Gasteiger partial charge in [-0.15, -0.1) is 16.7 Å². The average Bonchev–Trinajstić information content (AvgIpc) is 3.71. The van der Waals surface area contributed by atoms with Crippen molar-refractivity contribution < 1.29 is 48.7 Å². The third-order valence-corrected chi connectivity index (χ3v) is 11.5. The van der Waals surface area contributed by atoms with Gasteiger partial charge in [0.2, 0.25) is 0 Å². The minimum Gasteiger partial charge on any atom is -1.00 e. The van der Waals surface area contributed by atoms with Crippen LogP contribution < -0.4 is 24.8 Å². The van der Waals surface area contributed by atoms with Crippen LogP contribution in [0.5, 0.6) is 0 Å². The van der Waals surface area contributed by atoms with Crippen LogP contribution in [0.1, 0.15) is 139 Å². The smallest absolute Gasteiger partial charge is 0.172 e. The molecule has 0 spiro atoms. The van der Waals surface area contributed by atoms with E-state index in [0.29, 0.717) is 0 Å². The molecule has 1 aliphatic carbocycles. The number of rotatable bonds is 2. The predicted molar refractivity (Wildman–Crippen MR) is 216 cm³/mol. The first-order valence-electron chi connectivity index (χ1n) is 18.2. The van der Waals surface area contributed by atoms with E-state index < -0.39 is 0 Å². The normalized spacial score (nSPS) is 12.2. The molecule has 0 atom stereocenters. The first kappa shape index (κ1) is 45.7. The zero-order valence-electron chi connectivity index (χ0n) is 34.2. The molecule has 0 radical (unpaired) electrons. The Morgan fingerprint density at radius 1 is 0.558 bits per heavy atom. The topological polar surface area (TPSA) is 0 Å². The van der Waals surface area contributed by atoms with E-state index in [1.54, 1.807) is 0 Å². The van der Waals surface area contributed by atoms with Crippen molar-refractivity contribution in [2.45, 2.75) is 125 Å². The second-order valence-corrected chi connectivity index (χ2v) is 20.0. The van der Waals surface area contributed by atoms with Crippen molar-refractivity contribution in [3.05, 3.63) is 159 Å². The maximum Gasteiger partial charge on any atom is -0.172 e. The first-order valence-corrected chi connectivity index (χ1v) is 20.0. The molecule has 52 heavy (non-hydrogen) atoms. The fourth-order valence-electron chi connectivity index (χ4n) is 6.55. The molecule has 5 aromatic rings. The molecule has 0 heterocycles. The van der Waals surface area contributed by atoms with Crippen LogP contribution in [-0.4, -0.2) is 3.26 Å². The van der Waals surface area contributed by atoms with Gasteiger partial charge in [0.05, 0.1) is 0 Å². The van der Waals surface area contributed by atoms with E-state index in [1.165, 1.54) is 70.0 Å². The monoisotopic (exact) mass is 898 g/mol. The van der Waals surface area contributed by atoms with Crippen LogP contribution in [0.25, 0.3) is 11.1 Å². The van der Waals surface area contributed by atoms with Gasteiger partial charge < -0.3 is 24.8 Å². The molecular formula is C49H60Cl2Hf-2. The molecule has 0 saturated carbocycles. The average molecular weight is 898 g/mol. The largest absolute Gasteiger partial charge is 1.00 e. The molecular weight excluding hydrogens is 838 g/mol. The van der Waals surface area contributed by atoms with Crippen LogP contribution in [0.4, 0.5) is 0 Å². The maximum absolute atomic E-state index is 3.90. The van der Waals surface area contributed by atoms with Crippen LogP contribution in [0.2, 0.25) is 0 Å². The standard InChI is InChI=1S/C29H41.C15H14.C5H5.2ClH.Hf/c1-26(2,3)22-14-18-13-19-15-23(27(4,5)6)25(29(10,11)12)17-21(19)20(18)16-24(22)28(7,8)9;1-12-3-7-14(8-4-12)11-15-9-5-13(2)6-10-15;1-2-4-5-3-1;;;/h14,16-17H,13H2,1-12H3;3-10H,1-2H3;1-5H;2*1H;/q-1;;-1;;;+2/p-2. The summed E-state index contributed by atoms with van der Waals surface area (Å²) in [5, 5.41) is 0. The van der Waals surface area contributed by atoms with Crippen LogP contribution in [-0.2, 0) is 52.0 Å². The van der Waals surface area contributed by atoms with Crippen LogP contribution in [0, 0.1) is 19.9 Å².